The van der Waals surface area contributed by atoms with E-state index in [0.29, 0.717) is 12.5 Å². The minimum absolute atomic E-state index is 0.0426. The first-order valence-electron chi connectivity index (χ1n) is 4.99. The van der Waals surface area contributed by atoms with Crippen LogP contribution in [-0.4, -0.2) is 17.6 Å². The van der Waals surface area contributed by atoms with E-state index < -0.39 is 0 Å². The molecule has 1 saturated carbocycles. The van der Waals surface area contributed by atoms with E-state index in [1.54, 1.807) is 6.20 Å². The molecule has 0 saturated heterocycles. The van der Waals surface area contributed by atoms with Gasteiger partial charge in [0.25, 0.3) is 0 Å². The van der Waals surface area contributed by atoms with Crippen molar-refractivity contribution in [2.24, 2.45) is 5.92 Å². The van der Waals surface area contributed by atoms with Crippen molar-refractivity contribution in [3.8, 4) is 0 Å². The lowest BCUT2D eigenvalue weighted by atomic mass is 10.1. The van der Waals surface area contributed by atoms with Crippen molar-refractivity contribution in [1.29, 1.82) is 0 Å². The fraction of sp³-hybridized carbons (Fsp3) is 0.455. The van der Waals surface area contributed by atoms with Crippen LogP contribution in [0, 0.1) is 5.92 Å². The second-order valence-electron chi connectivity index (χ2n) is 3.64. The van der Waals surface area contributed by atoms with Crippen molar-refractivity contribution in [3.63, 3.8) is 0 Å². The van der Waals surface area contributed by atoms with Crippen LogP contribution < -0.4 is 0 Å². The second-order valence-corrected chi connectivity index (χ2v) is 4.55. The fourth-order valence-electron chi connectivity index (χ4n) is 1.70. The maximum atomic E-state index is 11.4. The minimum atomic E-state index is -0.0810. The van der Waals surface area contributed by atoms with Crippen molar-refractivity contribution >= 4 is 21.9 Å². The van der Waals surface area contributed by atoms with Gasteiger partial charge in [-0.05, 0) is 46.8 Å². The average Bonchev–Trinajstić information content (AvgIpc) is 2.97. The molecule has 15 heavy (non-hydrogen) atoms. The van der Waals surface area contributed by atoms with E-state index in [2.05, 4.69) is 20.9 Å². The first-order valence-corrected chi connectivity index (χ1v) is 5.78. The summed E-state index contributed by atoms with van der Waals surface area (Å²) in [7, 11) is 0. The quantitative estimate of drug-likeness (QED) is 0.792. The Bertz CT molecular complexity index is 381. The molecule has 3 nitrogen and oxygen atoms in total. The predicted molar refractivity (Wildman–Crippen MR) is 59.4 cm³/mol. The van der Waals surface area contributed by atoms with Gasteiger partial charge >= 0.3 is 5.97 Å². The molecule has 2 rings (SSSR count). The third-order valence-corrected chi connectivity index (χ3v) is 2.97. The first-order chi connectivity index (χ1) is 7.22. The molecule has 2 atom stereocenters. The topological polar surface area (TPSA) is 39.2 Å². The summed E-state index contributed by atoms with van der Waals surface area (Å²) in [5, 5.41) is 0. The van der Waals surface area contributed by atoms with E-state index in [1.165, 1.54) is 0 Å². The molecular formula is C11H12BrNO2. The van der Waals surface area contributed by atoms with Gasteiger partial charge < -0.3 is 4.74 Å². The standard InChI is InChI=1S/C11H12BrNO2/c1-2-15-11(14)10-4-9(10)7-3-8(12)6-13-5-7/h3,5-6,9-10H,2,4H2,1H3/t9-,10+/m0/s1. The molecule has 0 N–H and O–H groups in total. The lowest BCUT2D eigenvalue weighted by molar-refractivity contribution is -0.144. The average molecular weight is 270 g/mol. The SMILES string of the molecule is CCOC(=O)[C@@H]1C[C@H]1c1cncc(Br)c1. The molecule has 0 unspecified atom stereocenters. The normalized spacial score (nSPS) is 23.6. The maximum Gasteiger partial charge on any atom is 0.309 e. The highest BCUT2D eigenvalue weighted by molar-refractivity contribution is 9.10. The largest absolute Gasteiger partial charge is 0.466 e. The fourth-order valence-corrected chi connectivity index (χ4v) is 2.09. The van der Waals surface area contributed by atoms with E-state index >= 15 is 0 Å². The van der Waals surface area contributed by atoms with Gasteiger partial charge in [-0.25, -0.2) is 0 Å². The summed E-state index contributed by atoms with van der Waals surface area (Å²) >= 11 is 3.37. The maximum absolute atomic E-state index is 11.4. The number of nitrogens with zero attached hydrogens (tertiary/aromatic N) is 1. The molecule has 1 aliphatic carbocycles. The van der Waals surface area contributed by atoms with Crippen LogP contribution in [0.2, 0.25) is 0 Å². The third kappa shape index (κ3) is 2.37. The number of ether oxygens (including phenoxy) is 1. The number of hydrogen-bond acceptors (Lipinski definition) is 3. The first kappa shape index (κ1) is 10.6. The van der Waals surface area contributed by atoms with Gasteiger partial charge in [0.15, 0.2) is 0 Å². The van der Waals surface area contributed by atoms with Gasteiger partial charge in [-0.2, -0.15) is 0 Å². The molecule has 4 heteroatoms. The van der Waals surface area contributed by atoms with Crippen LogP contribution in [0.15, 0.2) is 22.9 Å². The molecule has 1 heterocycles. The zero-order valence-corrected chi connectivity index (χ0v) is 10.0. The summed E-state index contributed by atoms with van der Waals surface area (Å²) in [5.41, 5.74) is 1.11. The van der Waals surface area contributed by atoms with Crippen molar-refractivity contribution in [3.05, 3.63) is 28.5 Å². The molecule has 0 radical (unpaired) electrons. The number of aromatic nitrogens is 1. The highest BCUT2D eigenvalue weighted by Gasteiger charge is 2.45. The molecule has 1 fully saturated rings. The number of rotatable bonds is 3. The lowest BCUT2D eigenvalue weighted by Gasteiger charge is -2.01. The number of hydrogen-bond donors (Lipinski definition) is 0. The van der Waals surface area contributed by atoms with Gasteiger partial charge in [0.05, 0.1) is 12.5 Å². The molecule has 0 aliphatic heterocycles. The zero-order valence-electron chi connectivity index (χ0n) is 8.44. The third-order valence-electron chi connectivity index (χ3n) is 2.53. The number of carbonyl (C=O) groups excluding carboxylic acids is 1. The highest BCUT2D eigenvalue weighted by Crippen LogP contribution is 2.48. The van der Waals surface area contributed by atoms with Crippen LogP contribution in [-0.2, 0) is 9.53 Å². The smallest absolute Gasteiger partial charge is 0.309 e. The Morgan fingerprint density at radius 1 is 1.67 bits per heavy atom. The Kier molecular flexibility index (Phi) is 3.05. The van der Waals surface area contributed by atoms with Crippen LogP contribution in [0.3, 0.4) is 0 Å². The molecular weight excluding hydrogens is 258 g/mol. The van der Waals surface area contributed by atoms with E-state index in [9.17, 15) is 4.79 Å². The van der Waals surface area contributed by atoms with Crippen LogP contribution in [0.1, 0.15) is 24.8 Å². The Labute approximate surface area is 97.0 Å². The Morgan fingerprint density at radius 3 is 3.13 bits per heavy atom. The van der Waals surface area contributed by atoms with Crippen LogP contribution >= 0.6 is 15.9 Å². The molecule has 0 bridgehead atoms. The summed E-state index contributed by atoms with van der Waals surface area (Å²) < 4.78 is 5.93. The Balaban J connectivity index is 2.01. The van der Waals surface area contributed by atoms with E-state index in [4.69, 9.17) is 4.74 Å². The van der Waals surface area contributed by atoms with Crippen molar-refractivity contribution in [1.82, 2.24) is 4.98 Å². The van der Waals surface area contributed by atoms with Crippen molar-refractivity contribution < 1.29 is 9.53 Å². The highest BCUT2D eigenvalue weighted by atomic mass is 79.9. The summed E-state index contributed by atoms with van der Waals surface area (Å²) in [5.74, 6) is 0.262. The van der Waals surface area contributed by atoms with Gasteiger partial charge in [0.2, 0.25) is 0 Å². The Morgan fingerprint density at radius 2 is 2.47 bits per heavy atom. The number of halogens is 1. The molecule has 0 amide bonds. The molecule has 1 aromatic rings. The van der Waals surface area contributed by atoms with Gasteiger partial charge in [-0.3, -0.25) is 9.78 Å². The summed E-state index contributed by atoms with van der Waals surface area (Å²) in [6.45, 7) is 2.29. The van der Waals surface area contributed by atoms with Gasteiger partial charge in [0, 0.05) is 16.9 Å². The number of carbonyl (C=O) groups is 1. The summed E-state index contributed by atoms with van der Waals surface area (Å²) in [4.78, 5) is 15.5. The summed E-state index contributed by atoms with van der Waals surface area (Å²) in [6.07, 6.45) is 4.44. The predicted octanol–water partition coefficient (Wildman–Crippen LogP) is 2.51. The molecule has 1 aliphatic rings. The van der Waals surface area contributed by atoms with Gasteiger partial charge in [-0.15, -0.1) is 0 Å². The minimum Gasteiger partial charge on any atom is -0.466 e. The van der Waals surface area contributed by atoms with E-state index in [-0.39, 0.29) is 11.9 Å². The van der Waals surface area contributed by atoms with Crippen molar-refractivity contribution in [2.45, 2.75) is 19.3 Å². The van der Waals surface area contributed by atoms with Crippen molar-refractivity contribution in [2.75, 3.05) is 6.61 Å². The van der Waals surface area contributed by atoms with E-state index in [0.717, 1.165) is 16.5 Å². The second kappa shape index (κ2) is 4.31. The molecule has 1 aromatic heterocycles. The van der Waals surface area contributed by atoms with E-state index in [1.807, 2.05) is 19.2 Å². The van der Waals surface area contributed by atoms with Crippen LogP contribution in [0.25, 0.3) is 0 Å². The molecule has 0 aromatic carbocycles. The Hall–Kier alpha value is -0.900. The monoisotopic (exact) mass is 269 g/mol. The zero-order chi connectivity index (χ0) is 10.8. The molecule has 80 valence electrons. The van der Waals surface area contributed by atoms with Gasteiger partial charge in [0.1, 0.15) is 0 Å². The molecule has 0 spiro atoms. The number of esters is 1. The van der Waals surface area contributed by atoms with Crippen LogP contribution in [0.4, 0.5) is 0 Å². The lowest BCUT2D eigenvalue weighted by Crippen LogP contribution is -2.07. The summed E-state index contributed by atoms with van der Waals surface area (Å²) in [6, 6.07) is 2.01. The number of pyridine rings is 1. The van der Waals surface area contributed by atoms with Gasteiger partial charge in [-0.1, -0.05) is 0 Å². The van der Waals surface area contributed by atoms with Crippen LogP contribution in [0.5, 0.6) is 0 Å².